The number of carbonyl (C=O) groups excluding carboxylic acids is 1. The van der Waals surface area contributed by atoms with Crippen molar-refractivity contribution in [3.63, 3.8) is 0 Å². The van der Waals surface area contributed by atoms with Crippen molar-refractivity contribution in [2.24, 2.45) is 0 Å². The average molecular weight is 263 g/mol. The van der Waals surface area contributed by atoms with Gasteiger partial charge < -0.3 is 10.2 Å². The number of amides is 2. The van der Waals surface area contributed by atoms with Gasteiger partial charge in [-0.25, -0.2) is 4.79 Å². The number of aromatic nitrogens is 2. The molecule has 1 aromatic rings. The lowest BCUT2D eigenvalue weighted by Crippen LogP contribution is -2.45. The van der Waals surface area contributed by atoms with Gasteiger partial charge in [0, 0.05) is 38.9 Å². The van der Waals surface area contributed by atoms with Gasteiger partial charge in [-0.3, -0.25) is 9.58 Å². The van der Waals surface area contributed by atoms with Gasteiger partial charge in [-0.05, 0) is 26.0 Å². The summed E-state index contributed by atoms with van der Waals surface area (Å²) in [5.41, 5.74) is 1.22. The molecule has 1 aromatic heterocycles. The van der Waals surface area contributed by atoms with Crippen molar-refractivity contribution in [2.75, 3.05) is 33.2 Å². The lowest BCUT2D eigenvalue weighted by molar-refractivity contribution is 0.189. The highest BCUT2D eigenvalue weighted by Crippen LogP contribution is 2.18. The summed E-state index contributed by atoms with van der Waals surface area (Å²) in [6, 6.07) is 2.35. The molecular weight excluding hydrogens is 242 g/mol. The van der Waals surface area contributed by atoms with Crippen molar-refractivity contribution in [1.29, 1.82) is 0 Å². The Morgan fingerprint density at radius 2 is 2.26 bits per heavy atom. The first kappa shape index (κ1) is 12.5. The second kappa shape index (κ2) is 5.21. The first-order valence-electron chi connectivity index (χ1n) is 6.98. The number of nitrogens with one attached hydrogen (secondary N) is 1. The summed E-state index contributed by atoms with van der Waals surface area (Å²) >= 11 is 0. The molecule has 2 aliphatic rings. The van der Waals surface area contributed by atoms with Crippen LogP contribution in [0.2, 0.25) is 0 Å². The number of rotatable bonds is 2. The van der Waals surface area contributed by atoms with Gasteiger partial charge in [-0.2, -0.15) is 5.10 Å². The Morgan fingerprint density at radius 3 is 3.05 bits per heavy atom. The first-order chi connectivity index (χ1) is 9.24. The average Bonchev–Trinajstić information content (AvgIpc) is 3.05. The van der Waals surface area contributed by atoms with Crippen LogP contribution in [-0.4, -0.2) is 58.8 Å². The minimum absolute atomic E-state index is 0.0689. The number of likely N-dealkylation sites (tertiary alicyclic amines) is 1. The number of carbonyl (C=O) groups is 1. The summed E-state index contributed by atoms with van der Waals surface area (Å²) in [6.45, 7) is 4.28. The van der Waals surface area contributed by atoms with Crippen molar-refractivity contribution in [2.45, 2.75) is 25.4 Å². The molecule has 104 valence electrons. The number of likely N-dealkylation sites (N-methyl/N-ethyl adjacent to an activating group) is 1. The van der Waals surface area contributed by atoms with E-state index in [9.17, 15) is 4.79 Å². The van der Waals surface area contributed by atoms with Crippen LogP contribution in [0.25, 0.3) is 0 Å². The van der Waals surface area contributed by atoms with Gasteiger partial charge >= 0.3 is 6.03 Å². The zero-order chi connectivity index (χ0) is 13.2. The number of hydrogen-bond acceptors (Lipinski definition) is 3. The maximum atomic E-state index is 12.0. The van der Waals surface area contributed by atoms with Crippen molar-refractivity contribution in [3.05, 3.63) is 18.0 Å². The number of urea groups is 1. The molecule has 0 radical (unpaired) electrons. The van der Waals surface area contributed by atoms with E-state index in [0.717, 1.165) is 39.0 Å². The van der Waals surface area contributed by atoms with Crippen molar-refractivity contribution < 1.29 is 4.79 Å². The molecule has 2 amide bonds. The van der Waals surface area contributed by atoms with E-state index in [4.69, 9.17) is 0 Å². The van der Waals surface area contributed by atoms with Crippen molar-refractivity contribution in [1.82, 2.24) is 24.9 Å². The molecule has 1 fully saturated rings. The lowest BCUT2D eigenvalue weighted by Gasteiger charge is -2.31. The van der Waals surface area contributed by atoms with E-state index < -0.39 is 0 Å². The minimum atomic E-state index is 0.0689. The van der Waals surface area contributed by atoms with Gasteiger partial charge in [-0.15, -0.1) is 0 Å². The van der Waals surface area contributed by atoms with Crippen LogP contribution in [0, 0.1) is 0 Å². The van der Waals surface area contributed by atoms with Crippen molar-refractivity contribution >= 4 is 6.03 Å². The topological polar surface area (TPSA) is 53.4 Å². The van der Waals surface area contributed by atoms with Crippen LogP contribution in [-0.2, 0) is 6.54 Å². The van der Waals surface area contributed by atoms with Gasteiger partial charge in [0.2, 0.25) is 0 Å². The molecule has 1 saturated heterocycles. The summed E-state index contributed by atoms with van der Waals surface area (Å²) in [5.74, 6) is 0. The van der Waals surface area contributed by atoms with Crippen LogP contribution in [0.4, 0.5) is 4.79 Å². The van der Waals surface area contributed by atoms with Gasteiger partial charge in [0.05, 0.1) is 11.7 Å². The third kappa shape index (κ3) is 2.58. The molecule has 3 heterocycles. The molecule has 6 nitrogen and oxygen atoms in total. The van der Waals surface area contributed by atoms with E-state index in [-0.39, 0.29) is 12.1 Å². The molecule has 6 heteroatoms. The van der Waals surface area contributed by atoms with Crippen LogP contribution >= 0.6 is 0 Å². The molecule has 1 unspecified atom stereocenters. The third-order valence-electron chi connectivity index (χ3n) is 3.93. The maximum Gasteiger partial charge on any atom is 0.317 e. The highest BCUT2D eigenvalue weighted by atomic mass is 16.2. The van der Waals surface area contributed by atoms with E-state index in [1.54, 1.807) is 0 Å². The molecule has 0 aliphatic carbocycles. The van der Waals surface area contributed by atoms with E-state index in [2.05, 4.69) is 22.4 Å². The molecule has 0 saturated carbocycles. The molecule has 19 heavy (non-hydrogen) atoms. The molecule has 2 aliphatic heterocycles. The van der Waals surface area contributed by atoms with Gasteiger partial charge in [-0.1, -0.05) is 0 Å². The fourth-order valence-corrected chi connectivity index (χ4v) is 2.96. The molecule has 3 rings (SSSR count). The Bertz CT molecular complexity index is 452. The van der Waals surface area contributed by atoms with E-state index in [1.165, 1.54) is 5.69 Å². The fourth-order valence-electron chi connectivity index (χ4n) is 2.96. The standard InChI is InChI=1S/C13H21N5O/c1-16-9-11-4-5-15-18(11)12(10-16)8-14-13(19)17-6-2-3-7-17/h4-5,12H,2-3,6-10H2,1H3,(H,14,19). The van der Waals surface area contributed by atoms with E-state index in [1.807, 2.05) is 21.8 Å². The number of fused-ring (bicyclic) bond motifs is 1. The normalized spacial score (nSPS) is 23.4. The molecule has 0 spiro atoms. The summed E-state index contributed by atoms with van der Waals surface area (Å²) in [4.78, 5) is 16.2. The van der Waals surface area contributed by atoms with Crippen LogP contribution in [0.5, 0.6) is 0 Å². The summed E-state index contributed by atoms with van der Waals surface area (Å²) in [7, 11) is 2.10. The first-order valence-corrected chi connectivity index (χ1v) is 6.98. The maximum absolute atomic E-state index is 12.0. The number of hydrogen-bond donors (Lipinski definition) is 1. The van der Waals surface area contributed by atoms with E-state index in [0.29, 0.717) is 6.54 Å². The second-order valence-electron chi connectivity index (χ2n) is 5.50. The van der Waals surface area contributed by atoms with Gasteiger partial charge in [0.1, 0.15) is 0 Å². The van der Waals surface area contributed by atoms with Crippen LogP contribution in [0.15, 0.2) is 12.3 Å². The zero-order valence-electron chi connectivity index (χ0n) is 11.4. The minimum Gasteiger partial charge on any atom is -0.336 e. The Hall–Kier alpha value is -1.56. The van der Waals surface area contributed by atoms with Crippen molar-refractivity contribution in [3.8, 4) is 0 Å². The molecule has 1 N–H and O–H groups in total. The second-order valence-corrected chi connectivity index (χ2v) is 5.50. The molecule has 0 aromatic carbocycles. The highest BCUT2D eigenvalue weighted by molar-refractivity contribution is 5.74. The largest absolute Gasteiger partial charge is 0.336 e. The fraction of sp³-hybridized carbons (Fsp3) is 0.692. The van der Waals surface area contributed by atoms with E-state index >= 15 is 0 Å². The highest BCUT2D eigenvalue weighted by Gasteiger charge is 2.25. The predicted molar refractivity (Wildman–Crippen MR) is 71.8 cm³/mol. The van der Waals surface area contributed by atoms with Crippen LogP contribution < -0.4 is 5.32 Å². The molecule has 0 bridgehead atoms. The van der Waals surface area contributed by atoms with Gasteiger partial charge in [0.25, 0.3) is 0 Å². The monoisotopic (exact) mass is 263 g/mol. The predicted octanol–water partition coefficient (Wildman–Crippen LogP) is 0.675. The third-order valence-corrected chi connectivity index (χ3v) is 3.93. The zero-order valence-corrected chi connectivity index (χ0v) is 11.4. The van der Waals surface area contributed by atoms with Crippen LogP contribution in [0.1, 0.15) is 24.6 Å². The summed E-state index contributed by atoms with van der Waals surface area (Å²) in [6.07, 6.45) is 4.09. The summed E-state index contributed by atoms with van der Waals surface area (Å²) in [5, 5.41) is 7.42. The Balaban J connectivity index is 1.60. The number of nitrogens with zero attached hydrogens (tertiary/aromatic N) is 4. The summed E-state index contributed by atoms with van der Waals surface area (Å²) < 4.78 is 2.05. The van der Waals surface area contributed by atoms with Crippen LogP contribution in [0.3, 0.4) is 0 Å². The smallest absolute Gasteiger partial charge is 0.317 e. The Morgan fingerprint density at radius 1 is 1.47 bits per heavy atom. The lowest BCUT2D eigenvalue weighted by atomic mass is 10.2. The molecule has 1 atom stereocenters. The Labute approximate surface area is 113 Å². The Kier molecular flexibility index (Phi) is 3.42. The van der Waals surface area contributed by atoms with Gasteiger partial charge in [0.15, 0.2) is 0 Å². The molecular formula is C13H21N5O. The SMILES string of the molecule is CN1Cc2ccnn2C(CNC(=O)N2CCCC2)C1. The quantitative estimate of drug-likeness (QED) is 0.853.